The Hall–Kier alpha value is -1.69. The normalized spacial score (nSPS) is 10.6. The van der Waals surface area contributed by atoms with Crippen LogP contribution < -0.4 is 6.15 Å². The van der Waals surface area contributed by atoms with Crippen LogP contribution in [0.15, 0.2) is 59.5 Å². The van der Waals surface area contributed by atoms with Crippen molar-refractivity contribution in [2.75, 3.05) is 0 Å². The Morgan fingerprint density at radius 1 is 0.824 bits per heavy atom. The first-order chi connectivity index (χ1) is 7.59. The van der Waals surface area contributed by atoms with Gasteiger partial charge in [-0.15, -0.1) is 0 Å². The highest BCUT2D eigenvalue weighted by molar-refractivity contribution is 7.85. The van der Waals surface area contributed by atoms with Crippen LogP contribution in [0.4, 0.5) is 0 Å². The largest absolute Gasteiger partial charge is 0.744 e. The van der Waals surface area contributed by atoms with Crippen LogP contribution in [0.1, 0.15) is 0 Å². The minimum Gasteiger partial charge on any atom is -0.744 e. The summed E-state index contributed by atoms with van der Waals surface area (Å²) >= 11 is 0. The van der Waals surface area contributed by atoms with E-state index in [1.807, 2.05) is 6.07 Å². The van der Waals surface area contributed by atoms with Crippen molar-refractivity contribution in [2.45, 2.75) is 4.90 Å². The molecule has 0 aliphatic rings. The van der Waals surface area contributed by atoms with Gasteiger partial charge in [-0.25, -0.2) is 8.42 Å². The molecule has 0 saturated heterocycles. The number of hydrogen-bond acceptors (Lipinski definition) is 3. The topological polar surface area (TPSA) is 93.7 Å². The van der Waals surface area contributed by atoms with Crippen LogP contribution in [0.3, 0.4) is 0 Å². The van der Waals surface area contributed by atoms with E-state index in [1.54, 1.807) is 36.4 Å². The molecule has 0 heterocycles. The summed E-state index contributed by atoms with van der Waals surface area (Å²) in [6.07, 6.45) is 0. The predicted molar refractivity (Wildman–Crippen MR) is 65.8 cm³/mol. The summed E-state index contributed by atoms with van der Waals surface area (Å²) in [4.78, 5) is -0.179. The number of hydrogen-bond donors (Lipinski definition) is 1. The Morgan fingerprint density at radius 2 is 1.35 bits per heavy atom. The molecule has 90 valence electrons. The zero-order chi connectivity index (χ0) is 11.6. The van der Waals surface area contributed by atoms with Gasteiger partial charge in [-0.3, -0.25) is 0 Å². The maximum atomic E-state index is 11.1. The van der Waals surface area contributed by atoms with E-state index in [9.17, 15) is 13.0 Å². The zero-order valence-corrected chi connectivity index (χ0v) is 10.1. The first-order valence-corrected chi connectivity index (χ1v) is 6.10. The summed E-state index contributed by atoms with van der Waals surface area (Å²) in [5, 5.41) is 0. The minimum atomic E-state index is -4.43. The lowest BCUT2D eigenvalue weighted by atomic mass is 10.1. The molecule has 4 nitrogen and oxygen atoms in total. The molecule has 2 aromatic carbocycles. The van der Waals surface area contributed by atoms with E-state index in [2.05, 4.69) is 0 Å². The van der Waals surface area contributed by atoms with Crippen LogP contribution >= 0.6 is 0 Å². The zero-order valence-electron chi connectivity index (χ0n) is 9.33. The maximum absolute atomic E-state index is 11.1. The highest BCUT2D eigenvalue weighted by atomic mass is 32.2. The van der Waals surface area contributed by atoms with Crippen LogP contribution in [0, 0.1) is 0 Å². The summed E-state index contributed by atoms with van der Waals surface area (Å²) in [5.41, 5.74) is 1.16. The van der Waals surface area contributed by atoms with E-state index >= 15 is 0 Å². The van der Waals surface area contributed by atoms with Crippen LogP contribution in [0.25, 0.3) is 11.1 Å². The molecule has 2 rings (SSSR count). The summed E-state index contributed by atoms with van der Waals surface area (Å²) in [6, 6.07) is 15.2. The Labute approximate surface area is 100 Å². The highest BCUT2D eigenvalue weighted by Gasteiger charge is 2.08. The third-order valence-corrected chi connectivity index (χ3v) is 3.14. The molecule has 0 spiro atoms. The summed E-state index contributed by atoms with van der Waals surface area (Å²) in [5.74, 6) is 0. The van der Waals surface area contributed by atoms with Gasteiger partial charge < -0.3 is 10.7 Å². The predicted octanol–water partition coefficient (Wildman–Crippen LogP) is 2.63. The summed E-state index contributed by atoms with van der Waals surface area (Å²) in [6.45, 7) is 0. The average molecular weight is 251 g/mol. The molecule has 0 unspecified atom stereocenters. The molecule has 0 aliphatic carbocycles. The van der Waals surface area contributed by atoms with Crippen molar-refractivity contribution in [3.8, 4) is 11.1 Å². The molecule has 2 aromatic rings. The maximum Gasteiger partial charge on any atom is 0.125 e. The molecule has 0 aromatic heterocycles. The first-order valence-electron chi connectivity index (χ1n) is 4.69. The quantitative estimate of drug-likeness (QED) is 0.831. The van der Waals surface area contributed by atoms with Gasteiger partial charge in [0.1, 0.15) is 10.1 Å². The van der Waals surface area contributed by atoms with E-state index in [-0.39, 0.29) is 11.0 Å². The third-order valence-electron chi connectivity index (χ3n) is 2.24. The first kappa shape index (κ1) is 13.4. The van der Waals surface area contributed by atoms with Crippen molar-refractivity contribution in [1.82, 2.24) is 6.15 Å². The van der Waals surface area contributed by atoms with Gasteiger partial charge in [-0.2, -0.15) is 0 Å². The molecule has 0 aliphatic heterocycles. The molecule has 0 atom stereocenters. The fourth-order valence-electron chi connectivity index (χ4n) is 1.54. The van der Waals surface area contributed by atoms with Crippen molar-refractivity contribution in [3.05, 3.63) is 54.6 Å². The van der Waals surface area contributed by atoms with Gasteiger partial charge >= 0.3 is 0 Å². The smallest absolute Gasteiger partial charge is 0.125 e. The van der Waals surface area contributed by atoms with Crippen LogP contribution in [-0.2, 0) is 10.1 Å². The second-order valence-corrected chi connectivity index (χ2v) is 4.66. The number of benzene rings is 2. The molecule has 0 amide bonds. The van der Waals surface area contributed by atoms with Gasteiger partial charge in [0.25, 0.3) is 0 Å². The molecule has 17 heavy (non-hydrogen) atoms. The third kappa shape index (κ3) is 2.91. The van der Waals surface area contributed by atoms with Gasteiger partial charge in [0.2, 0.25) is 0 Å². The van der Waals surface area contributed by atoms with E-state index in [4.69, 9.17) is 0 Å². The van der Waals surface area contributed by atoms with Crippen molar-refractivity contribution >= 4 is 10.1 Å². The minimum absolute atomic E-state index is 0. The van der Waals surface area contributed by atoms with Crippen molar-refractivity contribution in [3.63, 3.8) is 0 Å². The molecule has 5 heteroatoms. The molecule has 0 fully saturated rings. The molecule has 4 N–H and O–H groups in total. The second kappa shape index (κ2) is 5.09. The van der Waals surface area contributed by atoms with E-state index < -0.39 is 10.1 Å². The van der Waals surface area contributed by atoms with Gasteiger partial charge in [0.05, 0.1) is 4.90 Å². The fraction of sp³-hybridized carbons (Fsp3) is 0. The molecule has 0 radical (unpaired) electrons. The Balaban J connectivity index is 0.00000144. The number of quaternary nitrogens is 1. The Kier molecular flexibility index (Phi) is 4.01. The van der Waals surface area contributed by atoms with E-state index in [0.717, 1.165) is 5.56 Å². The average Bonchev–Trinajstić information content (AvgIpc) is 2.29. The molecule has 0 saturated carbocycles. The van der Waals surface area contributed by atoms with E-state index in [1.165, 1.54) is 12.1 Å². The second-order valence-electron chi connectivity index (χ2n) is 3.32. The highest BCUT2D eigenvalue weighted by Crippen LogP contribution is 2.26. The SMILES string of the molecule is O=S(=O)([O-])c1ccccc1-c1ccccc1.[NH4+]. The number of rotatable bonds is 2. The monoisotopic (exact) mass is 251 g/mol. The standard InChI is InChI=1S/C12H10O3S.H3N/c13-16(14,15)12-9-5-4-8-11(12)10-6-2-1-3-7-10;/h1-9H,(H,13,14,15);1H3. The van der Waals surface area contributed by atoms with Crippen molar-refractivity contribution in [2.24, 2.45) is 0 Å². The van der Waals surface area contributed by atoms with Gasteiger partial charge in [-0.1, -0.05) is 48.5 Å². The van der Waals surface area contributed by atoms with Crippen molar-refractivity contribution < 1.29 is 13.0 Å². The molecular formula is C12H13NO3S. The summed E-state index contributed by atoms with van der Waals surface area (Å²) in [7, 11) is -4.43. The lowest BCUT2D eigenvalue weighted by Gasteiger charge is -2.12. The molecule has 0 bridgehead atoms. The molecular weight excluding hydrogens is 238 g/mol. The van der Waals surface area contributed by atoms with Gasteiger partial charge in [-0.05, 0) is 17.2 Å². The van der Waals surface area contributed by atoms with Crippen LogP contribution in [0.5, 0.6) is 0 Å². The Morgan fingerprint density at radius 3 is 1.94 bits per heavy atom. The lowest BCUT2D eigenvalue weighted by molar-refractivity contribution is 0.463. The Bertz CT molecular complexity index is 594. The van der Waals surface area contributed by atoms with Gasteiger partial charge in [0, 0.05) is 0 Å². The summed E-state index contributed by atoms with van der Waals surface area (Å²) < 4.78 is 33.2. The van der Waals surface area contributed by atoms with Crippen LogP contribution in [-0.4, -0.2) is 13.0 Å². The fourth-order valence-corrected chi connectivity index (χ4v) is 2.24. The van der Waals surface area contributed by atoms with Crippen LogP contribution in [0.2, 0.25) is 0 Å². The lowest BCUT2D eigenvalue weighted by Crippen LogP contribution is -2.00. The van der Waals surface area contributed by atoms with Crippen molar-refractivity contribution in [1.29, 1.82) is 0 Å². The van der Waals surface area contributed by atoms with E-state index in [0.29, 0.717) is 5.56 Å². The van der Waals surface area contributed by atoms with Gasteiger partial charge in [0.15, 0.2) is 0 Å².